The lowest BCUT2D eigenvalue weighted by atomic mass is 9.99. The number of hydrogen-bond donors (Lipinski definition) is 2. The Labute approximate surface area is 196 Å². The molecule has 2 fully saturated rings. The van der Waals surface area contributed by atoms with Crippen LogP contribution in [0.1, 0.15) is 17.4 Å². The number of benzene rings is 1. The molecule has 0 aliphatic carbocycles. The molecule has 2 saturated heterocycles. The summed E-state index contributed by atoms with van der Waals surface area (Å²) >= 11 is 0. The number of pyridine rings is 1. The molecule has 4 rings (SSSR count). The summed E-state index contributed by atoms with van der Waals surface area (Å²) in [6.07, 6.45) is -2.93. The van der Waals surface area contributed by atoms with Crippen LogP contribution in [0.2, 0.25) is 0 Å². The SMILES string of the molecule is O=C(NC(CF)C(O)c1ccc(-c2ccc(CN3CCN(C4COC4)CC3)nc2)cc1)C(F)F. The number of carbonyl (C=O) groups is 1. The maximum absolute atomic E-state index is 13.2. The van der Waals surface area contributed by atoms with Crippen molar-refractivity contribution in [3.8, 4) is 11.1 Å². The van der Waals surface area contributed by atoms with Crippen molar-refractivity contribution in [3.63, 3.8) is 0 Å². The lowest BCUT2D eigenvalue weighted by Crippen LogP contribution is -2.56. The zero-order valence-corrected chi connectivity index (χ0v) is 18.7. The summed E-state index contributed by atoms with van der Waals surface area (Å²) in [4.78, 5) is 20.6. The van der Waals surface area contributed by atoms with Gasteiger partial charge in [-0.1, -0.05) is 30.3 Å². The smallest absolute Gasteiger partial charge is 0.315 e. The Hall–Kier alpha value is -2.53. The molecule has 34 heavy (non-hydrogen) atoms. The van der Waals surface area contributed by atoms with Crippen LogP contribution in [0, 0.1) is 0 Å². The van der Waals surface area contributed by atoms with E-state index in [2.05, 4.69) is 14.8 Å². The van der Waals surface area contributed by atoms with Gasteiger partial charge in [-0.15, -0.1) is 0 Å². The van der Waals surface area contributed by atoms with Gasteiger partial charge in [0, 0.05) is 44.5 Å². The molecule has 2 aliphatic rings. The van der Waals surface area contributed by atoms with E-state index in [1.807, 2.05) is 17.4 Å². The second kappa shape index (κ2) is 11.3. The molecule has 1 aromatic heterocycles. The standard InChI is InChI=1S/C24H29F3N4O3/c25-11-21(29-24(33)23(26)27)22(32)17-3-1-16(2-4-17)18-5-6-19(28-12-18)13-30-7-9-31(10-8-30)20-14-34-15-20/h1-6,12,20-23,32H,7-11,13-15H2,(H,29,33). The highest BCUT2D eigenvalue weighted by Gasteiger charge is 2.29. The largest absolute Gasteiger partial charge is 0.386 e. The van der Waals surface area contributed by atoms with Gasteiger partial charge in [0.2, 0.25) is 0 Å². The van der Waals surface area contributed by atoms with Crippen molar-refractivity contribution in [2.24, 2.45) is 0 Å². The Bertz CT molecular complexity index is 933. The predicted octanol–water partition coefficient (Wildman–Crippen LogP) is 2.02. The van der Waals surface area contributed by atoms with Crippen LogP contribution in [-0.2, 0) is 16.1 Å². The molecule has 2 unspecified atom stereocenters. The van der Waals surface area contributed by atoms with E-state index in [1.54, 1.807) is 30.5 Å². The zero-order valence-electron chi connectivity index (χ0n) is 18.7. The Morgan fingerprint density at radius 2 is 1.76 bits per heavy atom. The van der Waals surface area contributed by atoms with Crippen LogP contribution in [0.3, 0.4) is 0 Å². The number of carbonyl (C=O) groups excluding carboxylic acids is 1. The van der Waals surface area contributed by atoms with Crippen molar-refractivity contribution < 1.29 is 27.8 Å². The van der Waals surface area contributed by atoms with Gasteiger partial charge in [0.25, 0.3) is 5.91 Å². The zero-order chi connectivity index (χ0) is 24.1. The Balaban J connectivity index is 1.31. The predicted molar refractivity (Wildman–Crippen MR) is 120 cm³/mol. The highest BCUT2D eigenvalue weighted by atomic mass is 19.3. The van der Waals surface area contributed by atoms with Gasteiger partial charge in [-0.25, -0.2) is 4.39 Å². The molecular formula is C24H29F3N4O3. The first kappa shape index (κ1) is 24.6. The number of rotatable bonds is 9. The van der Waals surface area contributed by atoms with E-state index in [4.69, 9.17) is 4.74 Å². The van der Waals surface area contributed by atoms with E-state index >= 15 is 0 Å². The molecule has 0 bridgehead atoms. The number of alkyl halides is 3. The average Bonchev–Trinajstić information content (AvgIpc) is 2.82. The first-order chi connectivity index (χ1) is 16.4. The van der Waals surface area contributed by atoms with Gasteiger partial charge < -0.3 is 15.2 Å². The first-order valence-electron chi connectivity index (χ1n) is 11.4. The maximum Gasteiger partial charge on any atom is 0.315 e. The fourth-order valence-corrected chi connectivity index (χ4v) is 4.19. The Morgan fingerprint density at radius 3 is 2.29 bits per heavy atom. The molecule has 2 aromatic rings. The number of amides is 1. The van der Waals surface area contributed by atoms with Gasteiger partial charge in [-0.2, -0.15) is 8.78 Å². The fraction of sp³-hybridized carbons (Fsp3) is 0.500. The first-order valence-corrected chi connectivity index (χ1v) is 11.4. The van der Waals surface area contributed by atoms with Crippen LogP contribution in [0.15, 0.2) is 42.6 Å². The number of ether oxygens (including phenoxy) is 1. The van der Waals surface area contributed by atoms with Crippen molar-refractivity contribution in [3.05, 3.63) is 53.9 Å². The summed E-state index contributed by atoms with van der Waals surface area (Å²) in [5.41, 5.74) is 3.03. The summed E-state index contributed by atoms with van der Waals surface area (Å²) in [5, 5.41) is 12.1. The van der Waals surface area contributed by atoms with Crippen molar-refractivity contribution in [1.82, 2.24) is 20.1 Å². The van der Waals surface area contributed by atoms with Crippen LogP contribution in [0.5, 0.6) is 0 Å². The Morgan fingerprint density at radius 1 is 1.09 bits per heavy atom. The molecule has 184 valence electrons. The van der Waals surface area contributed by atoms with Gasteiger partial charge in [0.1, 0.15) is 12.8 Å². The molecule has 3 heterocycles. The van der Waals surface area contributed by atoms with Crippen LogP contribution in [0.4, 0.5) is 13.2 Å². The molecule has 1 aromatic carbocycles. The summed E-state index contributed by atoms with van der Waals surface area (Å²) in [7, 11) is 0. The third-order valence-electron chi connectivity index (χ3n) is 6.41. The molecule has 1 amide bonds. The van der Waals surface area contributed by atoms with Crippen LogP contribution < -0.4 is 5.32 Å². The molecule has 10 heteroatoms. The van der Waals surface area contributed by atoms with Crippen molar-refractivity contribution >= 4 is 5.91 Å². The number of nitrogens with one attached hydrogen (secondary N) is 1. The molecule has 0 radical (unpaired) electrons. The van der Waals surface area contributed by atoms with E-state index in [9.17, 15) is 23.1 Å². The molecule has 0 spiro atoms. The lowest BCUT2D eigenvalue weighted by Gasteiger charge is -2.42. The van der Waals surface area contributed by atoms with Crippen molar-refractivity contribution in [2.45, 2.75) is 31.2 Å². The van der Waals surface area contributed by atoms with Crippen molar-refractivity contribution in [2.75, 3.05) is 46.1 Å². The topological polar surface area (TPSA) is 77.9 Å². The molecule has 0 saturated carbocycles. The molecule has 2 N–H and O–H groups in total. The second-order valence-corrected chi connectivity index (χ2v) is 8.68. The van der Waals surface area contributed by atoms with E-state index in [-0.39, 0.29) is 0 Å². The second-order valence-electron chi connectivity index (χ2n) is 8.68. The number of aliphatic hydroxyl groups excluding tert-OH is 1. The molecule has 2 atom stereocenters. The summed E-state index contributed by atoms with van der Waals surface area (Å²) in [5.74, 6) is -1.61. The van der Waals surface area contributed by atoms with E-state index in [0.717, 1.165) is 62.8 Å². The van der Waals surface area contributed by atoms with Gasteiger partial charge in [-0.3, -0.25) is 19.6 Å². The van der Waals surface area contributed by atoms with E-state index in [1.165, 1.54) is 0 Å². The van der Waals surface area contributed by atoms with Crippen molar-refractivity contribution in [1.29, 1.82) is 0 Å². The number of aromatic nitrogens is 1. The van der Waals surface area contributed by atoms with Gasteiger partial charge in [0.15, 0.2) is 0 Å². The molecule has 7 nitrogen and oxygen atoms in total. The summed E-state index contributed by atoms with van der Waals surface area (Å²) < 4.78 is 43.3. The minimum absolute atomic E-state index is 0.318. The number of piperazine rings is 1. The minimum atomic E-state index is -3.27. The Kier molecular flexibility index (Phi) is 8.15. The number of halogens is 3. The maximum atomic E-state index is 13.2. The summed E-state index contributed by atoms with van der Waals surface area (Å²) in [6, 6.07) is 9.73. The monoisotopic (exact) mass is 478 g/mol. The van der Waals surface area contributed by atoms with Gasteiger partial charge in [0.05, 0.1) is 31.0 Å². The van der Waals surface area contributed by atoms with Gasteiger partial charge >= 0.3 is 6.43 Å². The lowest BCUT2D eigenvalue weighted by molar-refractivity contribution is -0.133. The average molecular weight is 479 g/mol. The third kappa shape index (κ3) is 5.93. The number of aliphatic hydroxyl groups is 1. The third-order valence-corrected chi connectivity index (χ3v) is 6.41. The van der Waals surface area contributed by atoms with Crippen LogP contribution >= 0.6 is 0 Å². The normalized spacial score (nSPS) is 19.6. The van der Waals surface area contributed by atoms with Crippen LogP contribution in [-0.4, -0.2) is 90.4 Å². The molecule has 2 aliphatic heterocycles. The quantitative estimate of drug-likeness (QED) is 0.574. The molecular weight excluding hydrogens is 449 g/mol. The van der Waals surface area contributed by atoms with E-state index < -0.39 is 31.2 Å². The highest BCUT2D eigenvalue weighted by Crippen LogP contribution is 2.24. The fourth-order valence-electron chi connectivity index (χ4n) is 4.19. The highest BCUT2D eigenvalue weighted by molar-refractivity contribution is 5.79. The van der Waals surface area contributed by atoms with Gasteiger partial charge in [-0.05, 0) is 17.2 Å². The van der Waals surface area contributed by atoms with E-state index in [0.29, 0.717) is 11.6 Å². The summed E-state index contributed by atoms with van der Waals surface area (Å²) in [6.45, 7) is 5.39. The van der Waals surface area contributed by atoms with Crippen LogP contribution in [0.25, 0.3) is 11.1 Å². The minimum Gasteiger partial charge on any atom is -0.386 e. The number of hydrogen-bond acceptors (Lipinski definition) is 6. The number of nitrogens with zero attached hydrogens (tertiary/aromatic N) is 3.